The Bertz CT molecular complexity index is 990. The Balaban J connectivity index is 2.46. The van der Waals surface area contributed by atoms with E-state index in [1.807, 2.05) is 6.26 Å². The van der Waals surface area contributed by atoms with E-state index in [-0.39, 0.29) is 23.6 Å². The number of thioether (sulfide) groups is 1. The fourth-order valence-electron chi connectivity index (χ4n) is 5.42. The second-order valence-electron chi connectivity index (χ2n) is 12.6. The Kier molecular flexibility index (Phi) is 15.6. The predicted molar refractivity (Wildman–Crippen MR) is 172 cm³/mol. The maximum atomic E-state index is 14.4. The second-order valence-corrected chi connectivity index (χ2v) is 13.6. The number of phenols is 1. The van der Waals surface area contributed by atoms with Gasteiger partial charge in [0.15, 0.2) is 0 Å². The van der Waals surface area contributed by atoms with Crippen LogP contribution in [0, 0.1) is 6.92 Å². The van der Waals surface area contributed by atoms with Crippen molar-refractivity contribution in [3.8, 4) is 5.75 Å². The minimum absolute atomic E-state index is 0.0742. The fourth-order valence-corrected chi connectivity index (χ4v) is 5.89. The summed E-state index contributed by atoms with van der Waals surface area (Å²) in [4.78, 5) is 43.0. The number of amides is 3. The monoisotopic (exact) mass is 605 g/mol. The van der Waals surface area contributed by atoms with Crippen molar-refractivity contribution in [2.75, 3.05) is 18.6 Å². The molecule has 1 saturated carbocycles. The number of hydrogen-bond donors (Lipinski definition) is 3. The van der Waals surface area contributed by atoms with Gasteiger partial charge >= 0.3 is 6.09 Å². The number of nitrogens with zero attached hydrogens (tertiary/aromatic N) is 1. The van der Waals surface area contributed by atoms with Gasteiger partial charge in [0.1, 0.15) is 23.4 Å². The van der Waals surface area contributed by atoms with E-state index in [0.717, 1.165) is 57.8 Å². The van der Waals surface area contributed by atoms with E-state index in [2.05, 4.69) is 17.6 Å². The highest BCUT2D eigenvalue weighted by Gasteiger charge is 2.37. The topological polar surface area (TPSA) is 108 Å². The molecule has 1 fully saturated rings. The van der Waals surface area contributed by atoms with E-state index in [9.17, 15) is 19.5 Å². The molecule has 1 aromatic carbocycles. The molecule has 1 aliphatic rings. The summed E-state index contributed by atoms with van der Waals surface area (Å²) in [5, 5.41) is 16.3. The summed E-state index contributed by atoms with van der Waals surface area (Å²) in [6.45, 7) is 9.72. The number of aryl methyl sites for hydroxylation is 1. The molecule has 0 bridgehead atoms. The van der Waals surface area contributed by atoms with Gasteiger partial charge in [-0.25, -0.2) is 4.79 Å². The van der Waals surface area contributed by atoms with E-state index >= 15 is 0 Å². The van der Waals surface area contributed by atoms with Gasteiger partial charge in [-0.2, -0.15) is 11.8 Å². The van der Waals surface area contributed by atoms with Gasteiger partial charge in [0, 0.05) is 12.6 Å². The number of unbranched alkanes of at least 4 members (excludes halogenated alkanes) is 5. The molecule has 9 heteroatoms. The zero-order chi connectivity index (χ0) is 31.1. The van der Waals surface area contributed by atoms with Gasteiger partial charge in [-0.15, -0.1) is 0 Å². The number of phenolic OH excluding ortho intramolecular Hbond substituents is 1. The first-order chi connectivity index (χ1) is 20.0. The summed E-state index contributed by atoms with van der Waals surface area (Å²) in [5.41, 5.74) is 0.584. The Morgan fingerprint density at radius 2 is 1.74 bits per heavy atom. The van der Waals surface area contributed by atoms with Crippen molar-refractivity contribution in [3.05, 3.63) is 29.3 Å². The Labute approximate surface area is 258 Å². The Morgan fingerprint density at radius 1 is 1.07 bits per heavy atom. The van der Waals surface area contributed by atoms with Gasteiger partial charge in [0.05, 0.1) is 0 Å². The highest BCUT2D eigenvalue weighted by atomic mass is 32.2. The van der Waals surface area contributed by atoms with Crippen molar-refractivity contribution in [3.63, 3.8) is 0 Å². The summed E-state index contributed by atoms with van der Waals surface area (Å²) in [6.07, 6.45) is 13.1. The first kappa shape index (κ1) is 35.8. The third-order valence-corrected chi connectivity index (χ3v) is 8.33. The fraction of sp³-hybridized carbons (Fsp3) is 0.727. The molecule has 2 unspecified atom stereocenters. The molecular formula is C33H55N3O5S. The lowest BCUT2D eigenvalue weighted by molar-refractivity contribution is -0.143. The lowest BCUT2D eigenvalue weighted by Crippen LogP contribution is -2.54. The smallest absolute Gasteiger partial charge is 0.408 e. The minimum atomic E-state index is -0.883. The Hall–Kier alpha value is -2.42. The first-order valence-corrected chi connectivity index (χ1v) is 17.2. The lowest BCUT2D eigenvalue weighted by Gasteiger charge is -2.36. The van der Waals surface area contributed by atoms with Crippen LogP contribution in [0.3, 0.4) is 0 Å². The number of hydrogen-bond acceptors (Lipinski definition) is 6. The predicted octanol–water partition coefficient (Wildman–Crippen LogP) is 7.03. The summed E-state index contributed by atoms with van der Waals surface area (Å²) in [6, 6.07) is 3.46. The van der Waals surface area contributed by atoms with Crippen LogP contribution in [-0.4, -0.2) is 64.2 Å². The van der Waals surface area contributed by atoms with E-state index in [1.54, 1.807) is 62.6 Å². The van der Waals surface area contributed by atoms with E-state index in [0.29, 0.717) is 29.8 Å². The third kappa shape index (κ3) is 12.4. The highest BCUT2D eigenvalue weighted by Crippen LogP contribution is 2.29. The van der Waals surface area contributed by atoms with Gasteiger partial charge in [0.25, 0.3) is 0 Å². The van der Waals surface area contributed by atoms with Crippen molar-refractivity contribution < 1.29 is 24.2 Å². The number of carbonyl (C=O) groups is 3. The number of nitrogens with one attached hydrogen (secondary N) is 2. The van der Waals surface area contributed by atoms with Crippen molar-refractivity contribution in [2.24, 2.45) is 0 Å². The molecule has 3 amide bonds. The van der Waals surface area contributed by atoms with Crippen molar-refractivity contribution in [1.29, 1.82) is 0 Å². The van der Waals surface area contributed by atoms with Crippen LogP contribution < -0.4 is 10.6 Å². The van der Waals surface area contributed by atoms with Gasteiger partial charge in [0.2, 0.25) is 11.8 Å². The number of ether oxygens (including phenoxy) is 1. The average Bonchev–Trinajstić information content (AvgIpc) is 2.93. The summed E-state index contributed by atoms with van der Waals surface area (Å²) in [5.74, 6) is 0.294. The minimum Gasteiger partial charge on any atom is -0.508 e. The molecule has 42 heavy (non-hydrogen) atoms. The quantitative estimate of drug-likeness (QED) is 0.175. The van der Waals surface area contributed by atoms with E-state index < -0.39 is 23.8 Å². The molecule has 0 spiro atoms. The van der Waals surface area contributed by atoms with Crippen LogP contribution in [0.1, 0.15) is 122 Å². The largest absolute Gasteiger partial charge is 0.508 e. The number of alkyl carbamates (subject to hydrolysis) is 1. The molecule has 1 aliphatic carbocycles. The molecule has 8 nitrogen and oxygen atoms in total. The van der Waals surface area contributed by atoms with Crippen LogP contribution in [0.4, 0.5) is 4.79 Å². The summed E-state index contributed by atoms with van der Waals surface area (Å²) in [7, 11) is 0. The van der Waals surface area contributed by atoms with Crippen LogP contribution >= 0.6 is 11.8 Å². The number of rotatable bonds is 16. The normalized spacial score (nSPS) is 15.5. The van der Waals surface area contributed by atoms with E-state index in [4.69, 9.17) is 4.74 Å². The molecule has 0 aliphatic heterocycles. The average molecular weight is 606 g/mol. The third-order valence-electron chi connectivity index (χ3n) is 7.68. The molecule has 2 rings (SSSR count). The van der Waals surface area contributed by atoms with Crippen molar-refractivity contribution in [2.45, 2.75) is 135 Å². The molecule has 0 saturated heterocycles. The van der Waals surface area contributed by atoms with Gasteiger partial charge in [-0.05, 0) is 88.6 Å². The van der Waals surface area contributed by atoms with Crippen LogP contribution in [0.2, 0.25) is 0 Å². The van der Waals surface area contributed by atoms with Crippen LogP contribution in [0.5, 0.6) is 5.75 Å². The molecule has 1 aromatic rings. The van der Waals surface area contributed by atoms with E-state index in [1.165, 1.54) is 12.8 Å². The standard InChI is InChI=1S/C33H55N3O5S/c1-7-8-9-10-11-15-21-36(31(39)27(20-22-42-6)35-32(40)41-33(3,4)5)29(25-18-19-28(37)24(2)23-25)30(38)34-26-16-13-12-14-17-26/h18-19,23,26-27,29,37H,7-17,20-22H2,1-6H3,(H,34,38)(H,35,40). The zero-order valence-corrected chi connectivity index (χ0v) is 27.6. The first-order valence-electron chi connectivity index (χ1n) is 15.9. The molecular weight excluding hydrogens is 550 g/mol. The second kappa shape index (κ2) is 18.3. The van der Waals surface area contributed by atoms with Crippen LogP contribution in [0.25, 0.3) is 0 Å². The number of benzene rings is 1. The van der Waals surface area contributed by atoms with Gasteiger partial charge < -0.3 is 25.4 Å². The van der Waals surface area contributed by atoms with Crippen LogP contribution in [0.15, 0.2) is 18.2 Å². The lowest BCUT2D eigenvalue weighted by atomic mass is 9.94. The molecule has 3 N–H and O–H groups in total. The van der Waals surface area contributed by atoms with Gasteiger partial charge in [-0.1, -0.05) is 64.4 Å². The maximum Gasteiger partial charge on any atom is 0.408 e. The van der Waals surface area contributed by atoms with Crippen molar-refractivity contribution >= 4 is 29.7 Å². The van der Waals surface area contributed by atoms with Gasteiger partial charge in [-0.3, -0.25) is 9.59 Å². The maximum absolute atomic E-state index is 14.4. The number of carbonyl (C=O) groups excluding carboxylic acids is 3. The molecule has 0 aromatic heterocycles. The molecule has 2 atom stereocenters. The summed E-state index contributed by atoms with van der Waals surface area (Å²) < 4.78 is 5.50. The molecule has 0 radical (unpaired) electrons. The molecule has 0 heterocycles. The Morgan fingerprint density at radius 3 is 2.36 bits per heavy atom. The molecule has 238 valence electrons. The van der Waals surface area contributed by atoms with Crippen LogP contribution in [-0.2, 0) is 14.3 Å². The highest BCUT2D eigenvalue weighted by molar-refractivity contribution is 7.98. The zero-order valence-electron chi connectivity index (χ0n) is 26.8. The SMILES string of the molecule is CCCCCCCCN(C(=O)C(CCSC)NC(=O)OC(C)(C)C)C(C(=O)NC1CCCCC1)c1ccc(O)c(C)c1. The number of aromatic hydroxyl groups is 1. The summed E-state index contributed by atoms with van der Waals surface area (Å²) >= 11 is 1.60. The van der Waals surface area contributed by atoms with Crippen molar-refractivity contribution in [1.82, 2.24) is 15.5 Å².